The van der Waals surface area contributed by atoms with E-state index in [1.807, 2.05) is 33.0 Å². The van der Waals surface area contributed by atoms with Crippen molar-refractivity contribution >= 4 is 17.2 Å². The minimum atomic E-state index is 0.324. The topological polar surface area (TPSA) is 56.3 Å². The molecular formula is C10H18N4OS. The zero-order chi connectivity index (χ0) is 12.3. The number of likely N-dealkylation sites (N-methyl/N-ethyl adjacent to an activating group) is 1. The Kier molecular flexibility index (Phi) is 4.26. The average molecular weight is 242 g/mol. The molecule has 1 rings (SSSR count). The molecule has 16 heavy (non-hydrogen) atoms. The van der Waals surface area contributed by atoms with E-state index < -0.39 is 0 Å². The maximum absolute atomic E-state index is 5.65. The highest BCUT2D eigenvalue weighted by Gasteiger charge is 2.16. The molecule has 0 unspecified atom stereocenters. The number of hydrogen-bond acceptors (Lipinski definition) is 4. The molecule has 0 aliphatic heterocycles. The van der Waals surface area contributed by atoms with E-state index in [2.05, 4.69) is 5.10 Å². The first kappa shape index (κ1) is 12.9. The fourth-order valence-electron chi connectivity index (χ4n) is 1.41. The number of hydrogen-bond donors (Lipinski definition) is 1. The highest BCUT2D eigenvalue weighted by Crippen LogP contribution is 2.20. The van der Waals surface area contributed by atoms with Gasteiger partial charge in [-0.15, -0.1) is 0 Å². The van der Waals surface area contributed by atoms with E-state index in [0.717, 1.165) is 17.8 Å². The van der Waals surface area contributed by atoms with Gasteiger partial charge < -0.3 is 15.4 Å². The Morgan fingerprint density at radius 2 is 2.19 bits per heavy atom. The van der Waals surface area contributed by atoms with Crippen LogP contribution in [0.1, 0.15) is 11.3 Å². The van der Waals surface area contributed by atoms with E-state index in [0.29, 0.717) is 17.5 Å². The molecule has 0 radical (unpaired) electrons. The smallest absolute Gasteiger partial charge is 0.222 e. The molecule has 0 atom stereocenters. The minimum absolute atomic E-state index is 0.324. The van der Waals surface area contributed by atoms with Crippen LogP contribution in [0.2, 0.25) is 0 Å². The molecule has 2 N–H and O–H groups in total. The third-order valence-corrected chi connectivity index (χ3v) is 2.40. The molecule has 90 valence electrons. The van der Waals surface area contributed by atoms with Crippen LogP contribution in [0.4, 0.5) is 0 Å². The lowest BCUT2D eigenvalue weighted by molar-refractivity contribution is 0.244. The second-order valence-corrected chi connectivity index (χ2v) is 4.34. The van der Waals surface area contributed by atoms with E-state index in [9.17, 15) is 0 Å². The van der Waals surface area contributed by atoms with Gasteiger partial charge in [0.15, 0.2) is 0 Å². The van der Waals surface area contributed by atoms with Crippen molar-refractivity contribution < 1.29 is 4.74 Å². The summed E-state index contributed by atoms with van der Waals surface area (Å²) in [4.78, 5) is 2.37. The second kappa shape index (κ2) is 5.27. The molecule has 0 spiro atoms. The van der Waals surface area contributed by atoms with Crippen molar-refractivity contribution in [2.45, 2.75) is 6.92 Å². The van der Waals surface area contributed by atoms with Crippen LogP contribution in [0.5, 0.6) is 5.88 Å². The van der Waals surface area contributed by atoms with Gasteiger partial charge >= 0.3 is 0 Å². The van der Waals surface area contributed by atoms with Crippen LogP contribution >= 0.6 is 12.2 Å². The molecular weight excluding hydrogens is 224 g/mol. The predicted octanol–water partition coefficient (Wildman–Crippen LogP) is 0.303. The van der Waals surface area contributed by atoms with Crippen LogP contribution in [-0.4, -0.2) is 46.9 Å². The van der Waals surface area contributed by atoms with Gasteiger partial charge in [0.1, 0.15) is 11.6 Å². The fraction of sp³-hybridized carbons (Fsp3) is 0.600. The summed E-state index contributed by atoms with van der Waals surface area (Å²) in [6, 6.07) is 0. The normalized spacial score (nSPS) is 10.8. The maximum atomic E-state index is 5.65. The lowest BCUT2D eigenvalue weighted by atomic mass is 10.2. The first-order valence-corrected chi connectivity index (χ1v) is 5.45. The molecule has 1 heterocycles. The van der Waals surface area contributed by atoms with Gasteiger partial charge in [0, 0.05) is 13.6 Å². The average Bonchev–Trinajstić information content (AvgIpc) is 2.40. The summed E-state index contributed by atoms with van der Waals surface area (Å²) >= 11 is 4.99. The largest absolute Gasteiger partial charge is 0.476 e. The quantitative estimate of drug-likeness (QED) is 0.753. The molecule has 5 nitrogen and oxygen atoms in total. The van der Waals surface area contributed by atoms with Gasteiger partial charge in [0.25, 0.3) is 0 Å². The van der Waals surface area contributed by atoms with Gasteiger partial charge in [-0.25, -0.2) is 4.68 Å². The molecule has 1 aromatic rings. The monoisotopic (exact) mass is 242 g/mol. The summed E-state index contributed by atoms with van der Waals surface area (Å²) in [5.41, 5.74) is 7.18. The Balaban J connectivity index is 2.82. The van der Waals surface area contributed by atoms with E-state index in [1.165, 1.54) is 0 Å². The zero-order valence-corrected chi connectivity index (χ0v) is 11.0. The fourth-order valence-corrected chi connectivity index (χ4v) is 1.65. The number of aromatic nitrogens is 2. The van der Waals surface area contributed by atoms with Crippen molar-refractivity contribution in [2.24, 2.45) is 12.8 Å². The van der Waals surface area contributed by atoms with Gasteiger partial charge in [-0.1, -0.05) is 12.2 Å². The molecule has 1 aromatic heterocycles. The second-order valence-electron chi connectivity index (χ2n) is 3.91. The lowest BCUT2D eigenvalue weighted by Crippen LogP contribution is -2.21. The van der Waals surface area contributed by atoms with Crippen molar-refractivity contribution in [1.29, 1.82) is 0 Å². The molecule has 0 aromatic carbocycles. The Bertz CT molecular complexity index is 386. The number of nitrogens with zero attached hydrogens (tertiary/aromatic N) is 3. The van der Waals surface area contributed by atoms with Crippen molar-refractivity contribution in [3.63, 3.8) is 0 Å². The van der Waals surface area contributed by atoms with Crippen molar-refractivity contribution in [3.8, 4) is 5.88 Å². The summed E-state index contributed by atoms with van der Waals surface area (Å²) in [5.74, 6) is 0.645. The maximum Gasteiger partial charge on any atom is 0.222 e. The Morgan fingerprint density at radius 3 is 2.69 bits per heavy atom. The SMILES string of the molecule is Cc1nn(C)c(OCCN(C)C)c1C(N)=S. The van der Waals surface area contributed by atoms with Crippen LogP contribution in [0.3, 0.4) is 0 Å². The standard InChI is InChI=1S/C10H18N4OS/c1-7-8(9(11)16)10(14(4)12-7)15-6-5-13(2)3/h5-6H2,1-4H3,(H2,11,16). The van der Waals surface area contributed by atoms with Crippen LogP contribution in [-0.2, 0) is 7.05 Å². The lowest BCUT2D eigenvalue weighted by Gasteiger charge is -2.12. The summed E-state index contributed by atoms with van der Waals surface area (Å²) in [6.45, 7) is 3.29. The van der Waals surface area contributed by atoms with Crippen LogP contribution in [0, 0.1) is 6.92 Å². The molecule has 0 saturated heterocycles. The Hall–Kier alpha value is -1.14. The number of ether oxygens (including phenoxy) is 1. The third-order valence-electron chi connectivity index (χ3n) is 2.19. The third kappa shape index (κ3) is 2.93. The number of aryl methyl sites for hydroxylation is 2. The van der Waals surface area contributed by atoms with Gasteiger partial charge in [-0.3, -0.25) is 0 Å². The van der Waals surface area contributed by atoms with E-state index in [4.69, 9.17) is 22.7 Å². The molecule has 6 heteroatoms. The number of nitrogens with two attached hydrogens (primary N) is 1. The molecule has 0 fully saturated rings. The van der Waals surface area contributed by atoms with Crippen LogP contribution in [0.25, 0.3) is 0 Å². The number of thiocarbonyl (C=S) groups is 1. The van der Waals surface area contributed by atoms with Gasteiger partial charge in [-0.2, -0.15) is 5.10 Å². The number of rotatable bonds is 5. The van der Waals surface area contributed by atoms with E-state index in [-0.39, 0.29) is 0 Å². The highest BCUT2D eigenvalue weighted by molar-refractivity contribution is 7.80. The van der Waals surface area contributed by atoms with Gasteiger partial charge in [0.2, 0.25) is 5.88 Å². The summed E-state index contributed by atoms with van der Waals surface area (Å²) in [6.07, 6.45) is 0. The Morgan fingerprint density at radius 1 is 1.56 bits per heavy atom. The summed E-state index contributed by atoms with van der Waals surface area (Å²) in [5, 5.41) is 4.24. The minimum Gasteiger partial charge on any atom is -0.476 e. The highest BCUT2D eigenvalue weighted by atomic mass is 32.1. The van der Waals surface area contributed by atoms with E-state index in [1.54, 1.807) is 4.68 Å². The Labute approximate surface area is 101 Å². The molecule has 0 aliphatic carbocycles. The van der Waals surface area contributed by atoms with Crippen molar-refractivity contribution in [1.82, 2.24) is 14.7 Å². The first-order valence-electron chi connectivity index (χ1n) is 5.04. The summed E-state index contributed by atoms with van der Waals surface area (Å²) in [7, 11) is 5.80. The van der Waals surface area contributed by atoms with Crippen molar-refractivity contribution in [3.05, 3.63) is 11.3 Å². The van der Waals surface area contributed by atoms with Gasteiger partial charge in [-0.05, 0) is 21.0 Å². The van der Waals surface area contributed by atoms with Crippen LogP contribution < -0.4 is 10.5 Å². The first-order chi connectivity index (χ1) is 7.43. The molecule has 0 amide bonds. The van der Waals surface area contributed by atoms with Crippen molar-refractivity contribution in [2.75, 3.05) is 27.2 Å². The van der Waals surface area contributed by atoms with Crippen LogP contribution in [0.15, 0.2) is 0 Å². The molecule has 0 aliphatic rings. The summed E-state index contributed by atoms with van der Waals surface area (Å²) < 4.78 is 7.32. The molecule has 0 bridgehead atoms. The van der Waals surface area contributed by atoms with E-state index >= 15 is 0 Å². The predicted molar refractivity (Wildman–Crippen MR) is 67.9 cm³/mol. The zero-order valence-electron chi connectivity index (χ0n) is 10.1. The molecule has 0 saturated carbocycles. The van der Waals surface area contributed by atoms with Gasteiger partial charge in [0.05, 0.1) is 11.3 Å².